The number of nitrogens with zero attached hydrogens (tertiary/aromatic N) is 2. The molecule has 1 aromatic heterocycles. The Labute approximate surface area is 121 Å². The molecule has 0 amide bonds. The Kier molecular flexibility index (Phi) is 5.69. The molecule has 0 saturated heterocycles. The van der Waals surface area contributed by atoms with Gasteiger partial charge in [-0.25, -0.2) is 0 Å². The van der Waals surface area contributed by atoms with E-state index in [4.69, 9.17) is 16.1 Å². The van der Waals surface area contributed by atoms with E-state index in [0.29, 0.717) is 24.0 Å². The first-order valence-electron chi connectivity index (χ1n) is 6.19. The first kappa shape index (κ1) is 14.4. The fourth-order valence-electron chi connectivity index (χ4n) is 1.50. The summed E-state index contributed by atoms with van der Waals surface area (Å²) in [6.45, 7) is 3.69. The fraction of sp³-hybridized carbons (Fsp3) is 0.385. The second-order valence-corrected chi connectivity index (χ2v) is 5.42. The van der Waals surface area contributed by atoms with E-state index in [0.717, 1.165) is 22.9 Å². The average Bonchev–Trinajstić information content (AvgIpc) is 2.86. The quantitative estimate of drug-likeness (QED) is 0.626. The molecule has 1 aromatic carbocycles. The van der Waals surface area contributed by atoms with Crippen molar-refractivity contribution in [2.75, 3.05) is 6.54 Å². The third-order valence-electron chi connectivity index (χ3n) is 2.41. The van der Waals surface area contributed by atoms with Crippen LogP contribution >= 0.6 is 23.4 Å². The number of aromatic nitrogens is 2. The van der Waals surface area contributed by atoms with Gasteiger partial charge < -0.3 is 9.84 Å². The molecule has 2 rings (SSSR count). The normalized spacial score (nSPS) is 10.8. The molecular formula is C13H16ClN3OS. The lowest BCUT2D eigenvalue weighted by Gasteiger charge is -2.00. The van der Waals surface area contributed by atoms with Gasteiger partial charge in [-0.05, 0) is 25.1 Å². The van der Waals surface area contributed by atoms with Crippen molar-refractivity contribution in [1.82, 2.24) is 15.5 Å². The van der Waals surface area contributed by atoms with E-state index in [-0.39, 0.29) is 0 Å². The van der Waals surface area contributed by atoms with Gasteiger partial charge in [0.1, 0.15) is 0 Å². The maximum Gasteiger partial charge on any atom is 0.240 e. The smallest absolute Gasteiger partial charge is 0.240 e. The van der Waals surface area contributed by atoms with Crippen molar-refractivity contribution in [3.05, 3.63) is 41.0 Å². The third kappa shape index (κ3) is 4.53. The second-order valence-electron chi connectivity index (χ2n) is 4.00. The Balaban J connectivity index is 1.85. The minimum Gasteiger partial charge on any atom is -0.338 e. The number of nitrogens with one attached hydrogen (secondary N) is 1. The first-order valence-corrected chi connectivity index (χ1v) is 7.55. The van der Waals surface area contributed by atoms with Crippen molar-refractivity contribution in [1.29, 1.82) is 0 Å². The summed E-state index contributed by atoms with van der Waals surface area (Å²) in [5, 5.41) is 7.92. The Bertz CT molecular complexity index is 518. The number of thioether (sulfide) groups is 1. The molecule has 0 fully saturated rings. The Hall–Kier alpha value is -1.04. The summed E-state index contributed by atoms with van der Waals surface area (Å²) in [4.78, 5) is 5.35. The Morgan fingerprint density at radius 1 is 1.37 bits per heavy atom. The van der Waals surface area contributed by atoms with Gasteiger partial charge in [0.25, 0.3) is 0 Å². The predicted molar refractivity (Wildman–Crippen MR) is 77.3 cm³/mol. The molecule has 0 bridgehead atoms. The lowest BCUT2D eigenvalue weighted by Crippen LogP contribution is -2.13. The summed E-state index contributed by atoms with van der Waals surface area (Å²) in [5.41, 5.74) is 0. The second kappa shape index (κ2) is 7.53. The van der Waals surface area contributed by atoms with Crippen molar-refractivity contribution in [3.8, 4) is 0 Å². The van der Waals surface area contributed by atoms with Crippen molar-refractivity contribution in [3.63, 3.8) is 0 Å². The maximum absolute atomic E-state index is 6.09. The van der Waals surface area contributed by atoms with Crippen LogP contribution in [0.25, 0.3) is 0 Å². The fourth-order valence-corrected chi connectivity index (χ4v) is 2.58. The molecule has 0 aliphatic heterocycles. The van der Waals surface area contributed by atoms with Gasteiger partial charge in [-0.2, -0.15) is 4.98 Å². The van der Waals surface area contributed by atoms with Gasteiger partial charge >= 0.3 is 0 Å². The molecule has 0 spiro atoms. The molecule has 0 unspecified atom stereocenters. The monoisotopic (exact) mass is 297 g/mol. The first-order chi connectivity index (χ1) is 9.29. The molecule has 0 radical (unpaired) electrons. The summed E-state index contributed by atoms with van der Waals surface area (Å²) < 4.78 is 5.16. The number of hydrogen-bond acceptors (Lipinski definition) is 5. The predicted octanol–water partition coefficient (Wildman–Crippen LogP) is 3.51. The summed E-state index contributed by atoms with van der Waals surface area (Å²) in [5.74, 6) is 1.97. The Morgan fingerprint density at radius 3 is 3.00 bits per heavy atom. The summed E-state index contributed by atoms with van der Waals surface area (Å²) >= 11 is 7.69. The molecular weight excluding hydrogens is 282 g/mol. The van der Waals surface area contributed by atoms with Crippen LogP contribution in [0.4, 0.5) is 0 Å². The molecule has 4 nitrogen and oxygen atoms in total. The highest BCUT2D eigenvalue weighted by Gasteiger charge is 2.07. The van der Waals surface area contributed by atoms with Crippen molar-refractivity contribution in [2.45, 2.75) is 30.5 Å². The van der Waals surface area contributed by atoms with Crippen molar-refractivity contribution >= 4 is 23.4 Å². The standard InChI is InChI=1S/C13H16ClN3OS/c1-2-7-15-8-13-16-12(17-18-13)9-19-11-6-4-3-5-10(11)14/h3-6,15H,2,7-9H2,1H3. The van der Waals surface area contributed by atoms with Crippen LogP contribution in [0.1, 0.15) is 25.1 Å². The molecule has 19 heavy (non-hydrogen) atoms. The van der Waals surface area contributed by atoms with Crippen LogP contribution in [0.15, 0.2) is 33.7 Å². The van der Waals surface area contributed by atoms with E-state index in [1.54, 1.807) is 11.8 Å². The molecule has 102 valence electrons. The minimum atomic E-state index is 0.623. The molecule has 0 aliphatic rings. The van der Waals surface area contributed by atoms with Crippen LogP contribution < -0.4 is 5.32 Å². The van der Waals surface area contributed by atoms with E-state index >= 15 is 0 Å². The average molecular weight is 298 g/mol. The summed E-state index contributed by atoms with van der Waals surface area (Å²) in [7, 11) is 0. The van der Waals surface area contributed by atoms with E-state index in [1.165, 1.54) is 0 Å². The van der Waals surface area contributed by atoms with Crippen LogP contribution in [0, 0.1) is 0 Å². The molecule has 2 aromatic rings. The highest BCUT2D eigenvalue weighted by atomic mass is 35.5. The van der Waals surface area contributed by atoms with Crippen LogP contribution in [-0.4, -0.2) is 16.7 Å². The highest BCUT2D eigenvalue weighted by Crippen LogP contribution is 2.28. The van der Waals surface area contributed by atoms with Crippen LogP contribution in [0.3, 0.4) is 0 Å². The lowest BCUT2D eigenvalue weighted by atomic mass is 10.4. The van der Waals surface area contributed by atoms with Gasteiger partial charge in [-0.15, -0.1) is 11.8 Å². The maximum atomic E-state index is 6.09. The number of hydrogen-bond donors (Lipinski definition) is 1. The number of halogens is 1. The largest absolute Gasteiger partial charge is 0.338 e. The van der Waals surface area contributed by atoms with E-state index in [1.807, 2.05) is 24.3 Å². The van der Waals surface area contributed by atoms with E-state index in [9.17, 15) is 0 Å². The molecule has 0 saturated carbocycles. The van der Waals surface area contributed by atoms with Gasteiger partial charge in [0.05, 0.1) is 17.3 Å². The molecule has 0 aliphatic carbocycles. The summed E-state index contributed by atoms with van der Waals surface area (Å²) in [6.07, 6.45) is 1.09. The van der Waals surface area contributed by atoms with E-state index in [2.05, 4.69) is 22.4 Å². The molecule has 1 heterocycles. The zero-order valence-electron chi connectivity index (χ0n) is 10.7. The third-order valence-corrected chi connectivity index (χ3v) is 3.92. The Morgan fingerprint density at radius 2 is 2.21 bits per heavy atom. The lowest BCUT2D eigenvalue weighted by molar-refractivity contribution is 0.364. The summed E-state index contributed by atoms with van der Waals surface area (Å²) in [6, 6.07) is 7.74. The van der Waals surface area contributed by atoms with Gasteiger partial charge in [-0.3, -0.25) is 0 Å². The molecule has 6 heteroatoms. The minimum absolute atomic E-state index is 0.623. The number of rotatable bonds is 7. The molecule has 1 N–H and O–H groups in total. The highest BCUT2D eigenvalue weighted by molar-refractivity contribution is 7.98. The van der Waals surface area contributed by atoms with Gasteiger partial charge in [0, 0.05) is 4.90 Å². The topological polar surface area (TPSA) is 51.0 Å². The van der Waals surface area contributed by atoms with Crippen molar-refractivity contribution < 1.29 is 4.52 Å². The SMILES string of the molecule is CCCNCc1nc(CSc2ccccc2Cl)no1. The molecule has 0 atom stereocenters. The van der Waals surface area contributed by atoms with Crippen molar-refractivity contribution in [2.24, 2.45) is 0 Å². The zero-order valence-corrected chi connectivity index (χ0v) is 12.3. The van der Waals surface area contributed by atoms with Crippen LogP contribution in [0.2, 0.25) is 5.02 Å². The van der Waals surface area contributed by atoms with Gasteiger partial charge in [-0.1, -0.05) is 35.8 Å². The van der Waals surface area contributed by atoms with E-state index < -0.39 is 0 Å². The van der Waals surface area contributed by atoms with Gasteiger partial charge in [0.2, 0.25) is 5.89 Å². The van der Waals surface area contributed by atoms with Crippen LogP contribution in [0.5, 0.6) is 0 Å². The number of benzene rings is 1. The zero-order chi connectivity index (χ0) is 13.5. The van der Waals surface area contributed by atoms with Crippen LogP contribution in [-0.2, 0) is 12.3 Å². The van der Waals surface area contributed by atoms with Gasteiger partial charge in [0.15, 0.2) is 5.82 Å².